The van der Waals surface area contributed by atoms with E-state index in [1.165, 1.54) is 4.31 Å². The van der Waals surface area contributed by atoms with E-state index in [2.05, 4.69) is 0 Å². The van der Waals surface area contributed by atoms with Crippen LogP contribution in [-0.4, -0.2) is 61.9 Å². The molecule has 0 unspecified atom stereocenters. The Balaban J connectivity index is 2.04. The first-order valence-corrected chi connectivity index (χ1v) is 10.4. The molecule has 26 heavy (non-hydrogen) atoms. The summed E-state index contributed by atoms with van der Waals surface area (Å²) < 4.78 is 33.0. The number of carbonyl (C=O) groups excluding carboxylic acids is 1. The van der Waals surface area contributed by atoms with Crippen molar-refractivity contribution in [3.05, 3.63) is 28.8 Å². The molecule has 2 rings (SSSR count). The molecular weight excluding hydrogens is 352 g/mol. The Labute approximate surface area is 157 Å². The average Bonchev–Trinajstić information content (AvgIpc) is 2.44. The topological polar surface area (TPSA) is 66.9 Å². The number of hydrogen-bond donors (Lipinski definition) is 0. The van der Waals surface area contributed by atoms with Crippen molar-refractivity contribution in [1.29, 1.82) is 0 Å². The van der Waals surface area contributed by atoms with E-state index in [1.54, 1.807) is 0 Å². The van der Waals surface area contributed by atoms with Gasteiger partial charge in [-0.25, -0.2) is 8.42 Å². The highest BCUT2D eigenvalue weighted by molar-refractivity contribution is 7.89. The standard InChI is InChI=1S/C19H30N2O4S/c1-14-11-15(2)18(16(3)12-14)26(23,24)21-9-7-20(8-10-21)13-17(22)25-19(4,5)6/h11-12H,7-10,13H2,1-6H3. The monoisotopic (exact) mass is 382 g/mol. The van der Waals surface area contributed by atoms with Gasteiger partial charge in [-0.15, -0.1) is 0 Å². The van der Waals surface area contributed by atoms with Crippen LogP contribution < -0.4 is 0 Å². The van der Waals surface area contributed by atoms with Crippen molar-refractivity contribution >= 4 is 16.0 Å². The molecule has 1 saturated heterocycles. The number of ether oxygens (including phenoxy) is 1. The number of nitrogens with zero attached hydrogens (tertiary/aromatic N) is 2. The second-order valence-electron chi connectivity index (χ2n) is 7.99. The van der Waals surface area contributed by atoms with Gasteiger partial charge in [0.05, 0.1) is 11.4 Å². The highest BCUT2D eigenvalue weighted by Crippen LogP contribution is 2.26. The van der Waals surface area contributed by atoms with Crippen molar-refractivity contribution in [2.75, 3.05) is 32.7 Å². The molecular formula is C19H30N2O4S. The summed E-state index contributed by atoms with van der Waals surface area (Å²) in [7, 11) is -3.53. The number of sulfonamides is 1. The molecule has 0 bridgehead atoms. The van der Waals surface area contributed by atoms with Gasteiger partial charge in [0.2, 0.25) is 10.0 Å². The number of carbonyl (C=O) groups is 1. The predicted octanol–water partition coefficient (Wildman–Crippen LogP) is 2.26. The normalized spacial score (nSPS) is 17.3. The third-order valence-corrected chi connectivity index (χ3v) is 6.51. The maximum Gasteiger partial charge on any atom is 0.320 e. The molecule has 0 radical (unpaired) electrons. The van der Waals surface area contributed by atoms with Crippen LogP contribution in [0.3, 0.4) is 0 Å². The zero-order chi connectivity index (χ0) is 19.7. The summed E-state index contributed by atoms with van der Waals surface area (Å²) >= 11 is 0. The number of hydrogen-bond acceptors (Lipinski definition) is 5. The van der Waals surface area contributed by atoms with E-state index in [9.17, 15) is 13.2 Å². The third-order valence-electron chi connectivity index (χ3n) is 4.31. The van der Waals surface area contributed by atoms with Crippen LogP contribution in [-0.2, 0) is 19.6 Å². The van der Waals surface area contributed by atoms with E-state index < -0.39 is 15.6 Å². The Morgan fingerprint density at radius 2 is 1.54 bits per heavy atom. The van der Waals surface area contributed by atoms with Gasteiger partial charge in [-0.05, 0) is 52.7 Å². The van der Waals surface area contributed by atoms with Gasteiger partial charge in [0, 0.05) is 26.2 Å². The van der Waals surface area contributed by atoms with Crippen molar-refractivity contribution in [3.8, 4) is 0 Å². The first-order valence-electron chi connectivity index (χ1n) is 8.92. The quantitative estimate of drug-likeness (QED) is 0.747. The molecule has 146 valence electrons. The zero-order valence-electron chi connectivity index (χ0n) is 16.6. The SMILES string of the molecule is Cc1cc(C)c(S(=O)(=O)N2CCN(CC(=O)OC(C)(C)C)CC2)c(C)c1. The van der Waals surface area contributed by atoms with Gasteiger partial charge in [0.25, 0.3) is 0 Å². The van der Waals surface area contributed by atoms with Crippen LogP contribution in [0.1, 0.15) is 37.5 Å². The van der Waals surface area contributed by atoms with E-state index in [0.29, 0.717) is 31.1 Å². The molecule has 1 aliphatic heterocycles. The Bertz CT molecular complexity index is 750. The molecule has 0 N–H and O–H groups in total. The Morgan fingerprint density at radius 1 is 1.04 bits per heavy atom. The molecule has 1 aromatic rings. The van der Waals surface area contributed by atoms with E-state index in [4.69, 9.17) is 4.74 Å². The molecule has 7 heteroatoms. The maximum atomic E-state index is 13.1. The fourth-order valence-corrected chi connectivity index (χ4v) is 5.22. The lowest BCUT2D eigenvalue weighted by Gasteiger charge is -2.34. The Hall–Kier alpha value is -1.44. The summed E-state index contributed by atoms with van der Waals surface area (Å²) in [4.78, 5) is 14.3. The van der Waals surface area contributed by atoms with Crippen LogP contribution in [0.5, 0.6) is 0 Å². The number of piperazine rings is 1. The van der Waals surface area contributed by atoms with E-state index in [0.717, 1.165) is 16.7 Å². The van der Waals surface area contributed by atoms with Gasteiger partial charge < -0.3 is 4.74 Å². The summed E-state index contributed by atoms with van der Waals surface area (Å²) in [6.07, 6.45) is 0. The molecule has 0 aromatic heterocycles. The lowest BCUT2D eigenvalue weighted by atomic mass is 10.1. The Morgan fingerprint density at radius 3 is 2.00 bits per heavy atom. The minimum absolute atomic E-state index is 0.188. The first-order chi connectivity index (χ1) is 11.9. The largest absolute Gasteiger partial charge is 0.459 e. The van der Waals surface area contributed by atoms with Gasteiger partial charge in [-0.3, -0.25) is 9.69 Å². The fraction of sp³-hybridized carbons (Fsp3) is 0.632. The van der Waals surface area contributed by atoms with Crippen molar-refractivity contribution < 1.29 is 17.9 Å². The summed E-state index contributed by atoms with van der Waals surface area (Å²) in [5.74, 6) is -0.279. The molecule has 1 aromatic carbocycles. The highest BCUT2D eigenvalue weighted by atomic mass is 32.2. The molecule has 1 aliphatic rings. The average molecular weight is 383 g/mol. The van der Waals surface area contributed by atoms with Gasteiger partial charge in [0.15, 0.2) is 0 Å². The lowest BCUT2D eigenvalue weighted by molar-refractivity contribution is -0.156. The van der Waals surface area contributed by atoms with Crippen molar-refractivity contribution in [3.63, 3.8) is 0 Å². The van der Waals surface area contributed by atoms with Gasteiger partial charge in [0.1, 0.15) is 5.60 Å². The molecule has 1 fully saturated rings. The fourth-order valence-electron chi connectivity index (χ4n) is 3.39. The van der Waals surface area contributed by atoms with Gasteiger partial charge >= 0.3 is 5.97 Å². The maximum absolute atomic E-state index is 13.1. The zero-order valence-corrected chi connectivity index (χ0v) is 17.4. The Kier molecular flexibility index (Phi) is 6.15. The summed E-state index contributed by atoms with van der Waals surface area (Å²) in [5.41, 5.74) is 2.10. The van der Waals surface area contributed by atoms with Crippen LogP contribution in [0.15, 0.2) is 17.0 Å². The second kappa shape index (κ2) is 7.66. The van der Waals surface area contributed by atoms with Crippen LogP contribution in [0.4, 0.5) is 0 Å². The van der Waals surface area contributed by atoms with Crippen molar-refractivity contribution in [1.82, 2.24) is 9.21 Å². The summed E-state index contributed by atoms with van der Waals surface area (Å²) in [6.45, 7) is 13.1. The van der Waals surface area contributed by atoms with Crippen molar-refractivity contribution in [2.24, 2.45) is 0 Å². The third kappa shape index (κ3) is 5.05. The van der Waals surface area contributed by atoms with E-state index >= 15 is 0 Å². The molecule has 0 spiro atoms. The van der Waals surface area contributed by atoms with E-state index in [1.807, 2.05) is 58.6 Å². The summed E-state index contributed by atoms with van der Waals surface area (Å²) in [5, 5.41) is 0. The lowest BCUT2D eigenvalue weighted by Crippen LogP contribution is -2.50. The minimum Gasteiger partial charge on any atom is -0.459 e. The number of esters is 1. The first kappa shape index (κ1) is 20.9. The van der Waals surface area contributed by atoms with Gasteiger partial charge in [-0.2, -0.15) is 4.31 Å². The van der Waals surface area contributed by atoms with Gasteiger partial charge in [-0.1, -0.05) is 17.7 Å². The van der Waals surface area contributed by atoms with Crippen LogP contribution in [0, 0.1) is 20.8 Å². The number of rotatable bonds is 4. The summed E-state index contributed by atoms with van der Waals surface area (Å²) in [6, 6.07) is 3.80. The molecule has 0 saturated carbocycles. The van der Waals surface area contributed by atoms with Crippen LogP contribution in [0.25, 0.3) is 0 Å². The highest BCUT2D eigenvalue weighted by Gasteiger charge is 2.31. The number of aryl methyl sites for hydroxylation is 3. The predicted molar refractivity (Wildman–Crippen MR) is 102 cm³/mol. The van der Waals surface area contributed by atoms with Crippen molar-refractivity contribution in [2.45, 2.75) is 52.0 Å². The van der Waals surface area contributed by atoms with Crippen LogP contribution in [0.2, 0.25) is 0 Å². The van der Waals surface area contributed by atoms with Crippen LogP contribution >= 0.6 is 0 Å². The molecule has 0 aliphatic carbocycles. The smallest absolute Gasteiger partial charge is 0.320 e. The molecule has 1 heterocycles. The minimum atomic E-state index is -3.53. The molecule has 6 nitrogen and oxygen atoms in total. The second-order valence-corrected chi connectivity index (χ2v) is 9.87. The number of benzene rings is 1. The van der Waals surface area contributed by atoms with E-state index in [-0.39, 0.29) is 12.5 Å². The molecule has 0 amide bonds. The molecule has 0 atom stereocenters.